The van der Waals surface area contributed by atoms with E-state index in [1.54, 1.807) is 0 Å². The number of carbonyl (C=O) groups is 1. The Morgan fingerprint density at radius 2 is 2.19 bits per heavy atom. The van der Waals surface area contributed by atoms with Gasteiger partial charge in [0.1, 0.15) is 6.10 Å². The summed E-state index contributed by atoms with van der Waals surface area (Å²) in [5, 5.41) is 12.4. The van der Waals surface area contributed by atoms with Crippen LogP contribution in [0.1, 0.15) is 39.0 Å². The molecule has 0 aromatic heterocycles. The molecule has 4 nitrogen and oxygen atoms in total. The maximum absolute atomic E-state index is 12.0. The molecule has 0 radical (unpaired) electrons. The van der Waals surface area contributed by atoms with Gasteiger partial charge in [-0.3, -0.25) is 4.79 Å². The van der Waals surface area contributed by atoms with Gasteiger partial charge in [-0.1, -0.05) is 19.8 Å². The van der Waals surface area contributed by atoms with Gasteiger partial charge in [-0.2, -0.15) is 0 Å². The van der Waals surface area contributed by atoms with Gasteiger partial charge in [-0.25, -0.2) is 0 Å². The van der Waals surface area contributed by atoms with E-state index in [-0.39, 0.29) is 30.1 Å². The van der Waals surface area contributed by atoms with Crippen molar-refractivity contribution in [3.05, 3.63) is 0 Å². The third-order valence-corrected chi connectivity index (χ3v) is 3.90. The van der Waals surface area contributed by atoms with E-state index in [2.05, 4.69) is 5.32 Å². The molecule has 0 bridgehead atoms. The zero-order valence-electron chi connectivity index (χ0n) is 9.87. The third-order valence-electron chi connectivity index (χ3n) is 3.90. The molecule has 1 saturated carbocycles. The van der Waals surface area contributed by atoms with Crippen molar-refractivity contribution in [2.24, 2.45) is 5.92 Å². The molecule has 2 unspecified atom stereocenters. The Labute approximate surface area is 96.4 Å². The Hall–Kier alpha value is -0.610. The smallest absolute Gasteiger partial charge is 0.249 e. The molecule has 1 aliphatic carbocycles. The van der Waals surface area contributed by atoms with E-state index < -0.39 is 0 Å². The van der Waals surface area contributed by atoms with E-state index >= 15 is 0 Å². The molecule has 2 N–H and O–H groups in total. The SMILES string of the molecule is CC1CCOC1C(=O)NC1(CO)CCCC1. The second-order valence-electron chi connectivity index (χ2n) is 5.19. The fraction of sp³-hybridized carbons (Fsp3) is 0.917. The first-order valence-electron chi connectivity index (χ1n) is 6.21. The van der Waals surface area contributed by atoms with E-state index in [0.29, 0.717) is 6.61 Å². The van der Waals surface area contributed by atoms with Gasteiger partial charge in [0.05, 0.1) is 12.1 Å². The average molecular weight is 227 g/mol. The van der Waals surface area contributed by atoms with Crippen LogP contribution in [0.5, 0.6) is 0 Å². The molecule has 0 aromatic carbocycles. The molecule has 2 atom stereocenters. The van der Waals surface area contributed by atoms with Gasteiger partial charge < -0.3 is 15.2 Å². The topological polar surface area (TPSA) is 58.6 Å². The molecule has 2 fully saturated rings. The Morgan fingerprint density at radius 3 is 2.69 bits per heavy atom. The summed E-state index contributed by atoms with van der Waals surface area (Å²) in [5.41, 5.74) is -0.372. The molecule has 0 spiro atoms. The predicted octanol–water partition coefficient (Wildman–Crippen LogP) is 0.833. The van der Waals surface area contributed by atoms with E-state index in [1.807, 2.05) is 6.92 Å². The minimum atomic E-state index is -0.372. The van der Waals surface area contributed by atoms with Crippen molar-refractivity contribution in [3.63, 3.8) is 0 Å². The lowest BCUT2D eigenvalue weighted by molar-refractivity contribution is -0.134. The largest absolute Gasteiger partial charge is 0.394 e. The van der Waals surface area contributed by atoms with E-state index in [0.717, 1.165) is 32.1 Å². The van der Waals surface area contributed by atoms with Crippen LogP contribution in [-0.2, 0) is 9.53 Å². The van der Waals surface area contributed by atoms with Gasteiger partial charge in [0.15, 0.2) is 0 Å². The number of nitrogens with one attached hydrogen (secondary N) is 1. The van der Waals surface area contributed by atoms with Gasteiger partial charge in [0.2, 0.25) is 5.91 Å². The van der Waals surface area contributed by atoms with Crippen molar-refractivity contribution in [1.82, 2.24) is 5.32 Å². The Bertz CT molecular complexity index is 261. The number of hydrogen-bond donors (Lipinski definition) is 2. The van der Waals surface area contributed by atoms with E-state index in [9.17, 15) is 9.90 Å². The van der Waals surface area contributed by atoms with Crippen LogP contribution in [0.2, 0.25) is 0 Å². The van der Waals surface area contributed by atoms with Crippen LogP contribution in [0.15, 0.2) is 0 Å². The van der Waals surface area contributed by atoms with E-state index in [4.69, 9.17) is 4.74 Å². The van der Waals surface area contributed by atoms with Crippen molar-refractivity contribution in [3.8, 4) is 0 Å². The van der Waals surface area contributed by atoms with Crippen molar-refractivity contribution in [2.45, 2.75) is 50.7 Å². The number of hydrogen-bond acceptors (Lipinski definition) is 3. The van der Waals surface area contributed by atoms with Crippen molar-refractivity contribution < 1.29 is 14.6 Å². The molecule has 2 rings (SSSR count). The fourth-order valence-corrected chi connectivity index (χ4v) is 2.74. The summed E-state index contributed by atoms with van der Waals surface area (Å²) in [4.78, 5) is 12.0. The van der Waals surface area contributed by atoms with Crippen LogP contribution in [0.3, 0.4) is 0 Å². The number of rotatable bonds is 3. The van der Waals surface area contributed by atoms with Gasteiger partial charge in [0.25, 0.3) is 0 Å². The summed E-state index contributed by atoms with van der Waals surface area (Å²) in [6, 6.07) is 0. The Morgan fingerprint density at radius 1 is 1.50 bits per heavy atom. The Balaban J connectivity index is 1.95. The highest BCUT2D eigenvalue weighted by Crippen LogP contribution is 2.30. The summed E-state index contributed by atoms with van der Waals surface area (Å²) < 4.78 is 5.43. The van der Waals surface area contributed by atoms with Gasteiger partial charge in [-0.15, -0.1) is 0 Å². The molecular weight excluding hydrogens is 206 g/mol. The van der Waals surface area contributed by atoms with Gasteiger partial charge in [0, 0.05) is 6.61 Å². The first-order valence-corrected chi connectivity index (χ1v) is 6.21. The molecule has 1 heterocycles. The van der Waals surface area contributed by atoms with Crippen molar-refractivity contribution in [2.75, 3.05) is 13.2 Å². The predicted molar refractivity (Wildman–Crippen MR) is 59.9 cm³/mol. The minimum Gasteiger partial charge on any atom is -0.394 e. The molecule has 1 aliphatic heterocycles. The monoisotopic (exact) mass is 227 g/mol. The quantitative estimate of drug-likeness (QED) is 0.751. The zero-order valence-corrected chi connectivity index (χ0v) is 9.87. The molecule has 92 valence electrons. The fourth-order valence-electron chi connectivity index (χ4n) is 2.74. The number of ether oxygens (including phenoxy) is 1. The highest BCUT2D eigenvalue weighted by Gasteiger charge is 2.39. The van der Waals surface area contributed by atoms with Crippen molar-refractivity contribution >= 4 is 5.91 Å². The lowest BCUT2D eigenvalue weighted by Crippen LogP contribution is -2.53. The first kappa shape index (κ1) is 11.9. The second kappa shape index (κ2) is 4.72. The standard InChI is InChI=1S/C12H21NO3/c1-9-4-7-16-10(9)11(15)13-12(8-14)5-2-3-6-12/h9-10,14H,2-8H2,1H3,(H,13,15). The highest BCUT2D eigenvalue weighted by molar-refractivity contribution is 5.82. The lowest BCUT2D eigenvalue weighted by Gasteiger charge is -2.30. The Kier molecular flexibility index (Phi) is 3.50. The van der Waals surface area contributed by atoms with Gasteiger partial charge >= 0.3 is 0 Å². The highest BCUT2D eigenvalue weighted by atomic mass is 16.5. The maximum Gasteiger partial charge on any atom is 0.249 e. The summed E-state index contributed by atoms with van der Waals surface area (Å²) in [7, 11) is 0. The zero-order chi connectivity index (χ0) is 11.6. The first-order chi connectivity index (χ1) is 7.67. The van der Waals surface area contributed by atoms with Crippen LogP contribution >= 0.6 is 0 Å². The molecule has 4 heteroatoms. The third kappa shape index (κ3) is 2.23. The summed E-state index contributed by atoms with van der Waals surface area (Å²) >= 11 is 0. The number of aliphatic hydroxyl groups excluding tert-OH is 1. The average Bonchev–Trinajstić information content (AvgIpc) is 2.87. The van der Waals surface area contributed by atoms with Crippen LogP contribution in [-0.4, -0.2) is 35.9 Å². The van der Waals surface area contributed by atoms with Crippen LogP contribution in [0.25, 0.3) is 0 Å². The molecule has 1 saturated heterocycles. The number of aliphatic hydroxyl groups is 1. The number of amides is 1. The molecule has 0 aromatic rings. The molecule has 16 heavy (non-hydrogen) atoms. The molecule has 2 aliphatic rings. The lowest BCUT2D eigenvalue weighted by atomic mass is 9.96. The van der Waals surface area contributed by atoms with Crippen molar-refractivity contribution in [1.29, 1.82) is 0 Å². The molecular formula is C12H21NO3. The summed E-state index contributed by atoms with van der Waals surface area (Å²) in [6.45, 7) is 2.75. The summed E-state index contributed by atoms with van der Waals surface area (Å²) in [5.74, 6) is 0.248. The summed E-state index contributed by atoms with van der Waals surface area (Å²) in [6.07, 6.45) is 4.57. The van der Waals surface area contributed by atoms with E-state index in [1.165, 1.54) is 0 Å². The second-order valence-corrected chi connectivity index (χ2v) is 5.19. The normalized spacial score (nSPS) is 32.9. The van der Waals surface area contributed by atoms with Crippen LogP contribution in [0.4, 0.5) is 0 Å². The van der Waals surface area contributed by atoms with Gasteiger partial charge in [-0.05, 0) is 25.2 Å². The van der Waals surface area contributed by atoms with Crippen LogP contribution in [0, 0.1) is 5.92 Å². The maximum atomic E-state index is 12.0. The number of carbonyl (C=O) groups excluding carboxylic acids is 1. The minimum absolute atomic E-state index is 0.0408. The molecule has 1 amide bonds. The van der Waals surface area contributed by atoms with Crippen LogP contribution < -0.4 is 5.32 Å².